The Bertz CT molecular complexity index is 676. The van der Waals surface area contributed by atoms with Crippen molar-refractivity contribution in [3.05, 3.63) is 81.4 Å². The van der Waals surface area contributed by atoms with Crippen molar-refractivity contribution in [3.63, 3.8) is 0 Å². The second-order valence-corrected chi connectivity index (χ2v) is 4.81. The van der Waals surface area contributed by atoms with E-state index in [1.165, 1.54) is 12.1 Å². The first-order valence-electron chi connectivity index (χ1n) is 6.36. The molecule has 0 bridgehead atoms. The second kappa shape index (κ2) is 4.90. The Labute approximate surface area is 116 Å². The molecule has 1 aliphatic rings. The minimum absolute atomic E-state index is 0.0587. The summed E-state index contributed by atoms with van der Waals surface area (Å²) in [6.07, 6.45) is 3.29. The maximum absolute atomic E-state index is 10.7. The van der Waals surface area contributed by atoms with E-state index in [0.29, 0.717) is 0 Å². The lowest BCUT2D eigenvalue weighted by atomic mass is 9.83. The lowest BCUT2D eigenvalue weighted by molar-refractivity contribution is -0.384. The third-order valence-electron chi connectivity index (χ3n) is 3.63. The number of hydrogen-bond acceptors (Lipinski definition) is 3. The van der Waals surface area contributed by atoms with E-state index in [9.17, 15) is 15.2 Å². The predicted molar refractivity (Wildman–Crippen MR) is 76.3 cm³/mol. The van der Waals surface area contributed by atoms with Crippen LogP contribution in [0.4, 0.5) is 5.69 Å². The van der Waals surface area contributed by atoms with Crippen molar-refractivity contribution in [3.8, 4) is 0 Å². The molecule has 20 heavy (non-hydrogen) atoms. The number of aliphatic hydroxyl groups is 1. The van der Waals surface area contributed by atoms with Crippen molar-refractivity contribution in [2.24, 2.45) is 0 Å². The molecule has 4 nitrogen and oxygen atoms in total. The van der Waals surface area contributed by atoms with E-state index in [0.717, 1.165) is 16.7 Å². The van der Waals surface area contributed by atoms with Gasteiger partial charge in [0.15, 0.2) is 0 Å². The van der Waals surface area contributed by atoms with Crippen LogP contribution in [0.15, 0.2) is 54.6 Å². The Kier molecular flexibility index (Phi) is 3.08. The highest BCUT2D eigenvalue weighted by atomic mass is 16.6. The van der Waals surface area contributed by atoms with Crippen molar-refractivity contribution in [2.75, 3.05) is 0 Å². The zero-order valence-corrected chi connectivity index (χ0v) is 10.6. The van der Waals surface area contributed by atoms with Crippen LogP contribution in [0.5, 0.6) is 0 Å². The van der Waals surface area contributed by atoms with Gasteiger partial charge in [-0.15, -0.1) is 0 Å². The number of benzene rings is 2. The first-order chi connectivity index (χ1) is 9.66. The third kappa shape index (κ3) is 2.10. The number of nitro groups is 1. The summed E-state index contributed by atoms with van der Waals surface area (Å²) < 4.78 is 0. The molecule has 1 N–H and O–H groups in total. The van der Waals surface area contributed by atoms with Crippen LogP contribution in [0.3, 0.4) is 0 Å². The summed E-state index contributed by atoms with van der Waals surface area (Å²) in [7, 11) is 0. The van der Waals surface area contributed by atoms with Gasteiger partial charge in [-0.3, -0.25) is 10.1 Å². The van der Waals surface area contributed by atoms with Crippen LogP contribution < -0.4 is 0 Å². The first kappa shape index (κ1) is 12.6. The van der Waals surface area contributed by atoms with Gasteiger partial charge in [0.25, 0.3) is 5.69 Å². The molecule has 0 aliphatic heterocycles. The van der Waals surface area contributed by atoms with Gasteiger partial charge >= 0.3 is 0 Å². The molecule has 2 aromatic rings. The van der Waals surface area contributed by atoms with Gasteiger partial charge in [0, 0.05) is 18.1 Å². The van der Waals surface area contributed by atoms with E-state index in [2.05, 4.69) is 0 Å². The fourth-order valence-corrected chi connectivity index (χ4v) is 2.55. The number of fused-ring (bicyclic) bond motifs is 1. The van der Waals surface area contributed by atoms with Gasteiger partial charge < -0.3 is 5.11 Å². The maximum Gasteiger partial charge on any atom is 0.269 e. The topological polar surface area (TPSA) is 63.4 Å². The molecule has 0 spiro atoms. The Morgan fingerprint density at radius 2 is 1.75 bits per heavy atom. The van der Waals surface area contributed by atoms with Crippen LogP contribution in [0.25, 0.3) is 6.08 Å². The Balaban J connectivity index is 1.94. The van der Waals surface area contributed by atoms with Crippen LogP contribution in [-0.2, 0) is 0 Å². The average molecular weight is 267 g/mol. The largest absolute Gasteiger partial charge is 0.387 e. The van der Waals surface area contributed by atoms with Gasteiger partial charge in [-0.1, -0.05) is 48.6 Å². The van der Waals surface area contributed by atoms with Gasteiger partial charge in [0.1, 0.15) is 0 Å². The molecular weight excluding hydrogens is 254 g/mol. The monoisotopic (exact) mass is 267 g/mol. The number of aliphatic hydroxyl groups excluding tert-OH is 1. The number of nitrogens with zero attached hydrogens (tertiary/aromatic N) is 1. The molecule has 2 atom stereocenters. The Morgan fingerprint density at radius 1 is 1.05 bits per heavy atom. The van der Waals surface area contributed by atoms with E-state index in [1.807, 2.05) is 36.4 Å². The van der Waals surface area contributed by atoms with Crippen LogP contribution in [-0.4, -0.2) is 10.0 Å². The molecule has 3 rings (SSSR count). The summed E-state index contributed by atoms with van der Waals surface area (Å²) in [5, 5.41) is 21.1. The number of rotatable bonds is 2. The summed E-state index contributed by atoms with van der Waals surface area (Å²) in [6, 6.07) is 14.0. The molecule has 2 aromatic carbocycles. The minimum Gasteiger partial charge on any atom is -0.387 e. The average Bonchev–Trinajstić information content (AvgIpc) is 2.48. The van der Waals surface area contributed by atoms with Gasteiger partial charge in [-0.25, -0.2) is 0 Å². The van der Waals surface area contributed by atoms with E-state index in [1.54, 1.807) is 12.1 Å². The highest BCUT2D eigenvalue weighted by molar-refractivity contribution is 5.60. The number of nitro benzene ring substituents is 1. The highest BCUT2D eigenvalue weighted by Crippen LogP contribution is 2.38. The number of hydrogen-bond donors (Lipinski definition) is 1. The van der Waals surface area contributed by atoms with Gasteiger partial charge in [-0.05, 0) is 16.7 Å². The molecule has 0 unspecified atom stereocenters. The van der Waals surface area contributed by atoms with Gasteiger partial charge in [-0.2, -0.15) is 0 Å². The molecule has 0 heterocycles. The summed E-state index contributed by atoms with van der Waals surface area (Å²) in [4.78, 5) is 10.2. The van der Waals surface area contributed by atoms with Crippen LogP contribution in [0.2, 0.25) is 0 Å². The summed E-state index contributed by atoms with van der Waals surface area (Å²) in [6.45, 7) is 0. The smallest absolute Gasteiger partial charge is 0.269 e. The molecule has 0 amide bonds. The molecule has 100 valence electrons. The minimum atomic E-state index is -0.627. The standard InChI is InChI=1S/C16H13NO3/c18-16-14-4-2-1-3-11(14)7-10-15(16)12-5-8-13(9-6-12)17(19)20/h1-10,15-16,18H/t15-,16-/m1/s1. The lowest BCUT2D eigenvalue weighted by Gasteiger charge is -2.26. The summed E-state index contributed by atoms with van der Waals surface area (Å²) in [5.41, 5.74) is 2.83. The molecule has 0 fully saturated rings. The third-order valence-corrected chi connectivity index (χ3v) is 3.63. The predicted octanol–water partition coefficient (Wildman–Crippen LogP) is 3.44. The Hall–Kier alpha value is -2.46. The molecular formula is C16H13NO3. The molecule has 0 aromatic heterocycles. The lowest BCUT2D eigenvalue weighted by Crippen LogP contribution is -2.13. The molecule has 0 radical (unpaired) electrons. The second-order valence-electron chi connectivity index (χ2n) is 4.81. The number of non-ortho nitro benzene ring substituents is 1. The molecule has 4 heteroatoms. The van der Waals surface area contributed by atoms with E-state index in [4.69, 9.17) is 0 Å². The van der Waals surface area contributed by atoms with Gasteiger partial charge in [0.05, 0.1) is 11.0 Å². The van der Waals surface area contributed by atoms with E-state index < -0.39 is 11.0 Å². The van der Waals surface area contributed by atoms with Crippen molar-refractivity contribution in [1.82, 2.24) is 0 Å². The Morgan fingerprint density at radius 3 is 2.45 bits per heavy atom. The fraction of sp³-hybridized carbons (Fsp3) is 0.125. The fourth-order valence-electron chi connectivity index (χ4n) is 2.55. The van der Waals surface area contributed by atoms with E-state index >= 15 is 0 Å². The van der Waals surface area contributed by atoms with Crippen LogP contribution >= 0.6 is 0 Å². The van der Waals surface area contributed by atoms with E-state index in [-0.39, 0.29) is 11.6 Å². The van der Waals surface area contributed by atoms with Crippen LogP contribution in [0.1, 0.15) is 28.7 Å². The van der Waals surface area contributed by atoms with Crippen molar-refractivity contribution >= 4 is 11.8 Å². The highest BCUT2D eigenvalue weighted by Gasteiger charge is 2.25. The van der Waals surface area contributed by atoms with Crippen molar-refractivity contribution < 1.29 is 10.0 Å². The molecule has 0 saturated heterocycles. The summed E-state index contributed by atoms with van der Waals surface area (Å²) >= 11 is 0. The zero-order valence-electron chi connectivity index (χ0n) is 10.6. The SMILES string of the molecule is O=[N+]([O-])c1ccc([C@H]2C=Cc3ccccc3[C@H]2O)cc1. The normalized spacial score (nSPS) is 20.4. The van der Waals surface area contributed by atoms with Gasteiger partial charge in [0.2, 0.25) is 0 Å². The first-order valence-corrected chi connectivity index (χ1v) is 6.36. The molecule has 0 saturated carbocycles. The quantitative estimate of drug-likeness (QED) is 0.669. The summed E-state index contributed by atoms with van der Waals surface area (Å²) in [5.74, 6) is -0.175. The molecule has 1 aliphatic carbocycles. The van der Waals surface area contributed by atoms with Crippen molar-refractivity contribution in [1.29, 1.82) is 0 Å². The van der Waals surface area contributed by atoms with Crippen LogP contribution in [0, 0.1) is 10.1 Å². The van der Waals surface area contributed by atoms with Crippen molar-refractivity contribution in [2.45, 2.75) is 12.0 Å². The maximum atomic E-state index is 10.7. The zero-order chi connectivity index (χ0) is 14.1.